The molecule has 1 aromatic rings. The van der Waals surface area contributed by atoms with Gasteiger partial charge in [0, 0.05) is 7.05 Å². The topological polar surface area (TPSA) is 109 Å². The number of nitrogens with two attached hydrogens (primary N) is 1. The van der Waals surface area contributed by atoms with E-state index in [-0.39, 0.29) is 16.1 Å². The highest BCUT2D eigenvalue weighted by atomic mass is 32.2. The van der Waals surface area contributed by atoms with E-state index in [1.165, 1.54) is 19.2 Å². The predicted octanol–water partition coefficient (Wildman–Crippen LogP) is 0.0739. The Balaban J connectivity index is 3.46. The number of rotatable bonds is 3. The van der Waals surface area contributed by atoms with Crippen LogP contribution >= 0.6 is 0 Å². The van der Waals surface area contributed by atoms with E-state index in [2.05, 4.69) is 5.32 Å². The fourth-order valence-electron chi connectivity index (χ4n) is 1.10. The molecule has 1 aromatic carbocycles. The number of hydrogen-bond donors (Lipinski definition) is 3. The smallest absolute Gasteiger partial charge is 0.335 e. The summed E-state index contributed by atoms with van der Waals surface area (Å²) in [7, 11) is -2.41. The van der Waals surface area contributed by atoms with E-state index >= 15 is 0 Å². The van der Waals surface area contributed by atoms with Gasteiger partial charge in [0.15, 0.2) is 0 Å². The SMILES string of the molecule is CNc1ccc(C(=O)O)cc1S(N)(=O)=O. The number of nitrogens with one attached hydrogen (secondary N) is 1. The van der Waals surface area contributed by atoms with Crippen LogP contribution in [0, 0.1) is 0 Å². The molecule has 0 saturated heterocycles. The molecule has 1 rings (SSSR count). The van der Waals surface area contributed by atoms with Crippen molar-refractivity contribution in [2.24, 2.45) is 5.14 Å². The van der Waals surface area contributed by atoms with Crippen LogP contribution in [0.25, 0.3) is 0 Å². The second-order valence-electron chi connectivity index (χ2n) is 2.81. The fraction of sp³-hybridized carbons (Fsp3) is 0.125. The van der Waals surface area contributed by atoms with Gasteiger partial charge >= 0.3 is 5.97 Å². The van der Waals surface area contributed by atoms with Crippen molar-refractivity contribution in [3.63, 3.8) is 0 Å². The first kappa shape index (κ1) is 11.5. The zero-order valence-corrected chi connectivity index (χ0v) is 8.71. The number of aromatic carboxylic acids is 1. The van der Waals surface area contributed by atoms with E-state index in [0.717, 1.165) is 6.07 Å². The monoisotopic (exact) mass is 230 g/mol. The molecule has 0 heterocycles. The minimum atomic E-state index is -3.93. The molecule has 6 nitrogen and oxygen atoms in total. The van der Waals surface area contributed by atoms with Gasteiger partial charge in [-0.2, -0.15) is 0 Å². The van der Waals surface area contributed by atoms with Crippen LogP contribution in [0.2, 0.25) is 0 Å². The van der Waals surface area contributed by atoms with Crippen LogP contribution in [0.1, 0.15) is 10.4 Å². The summed E-state index contributed by atoms with van der Waals surface area (Å²) in [5.41, 5.74) is 0.139. The molecule has 7 heteroatoms. The van der Waals surface area contributed by atoms with Crippen molar-refractivity contribution >= 4 is 21.7 Å². The normalized spacial score (nSPS) is 11.1. The summed E-state index contributed by atoms with van der Waals surface area (Å²) < 4.78 is 22.3. The summed E-state index contributed by atoms with van der Waals surface area (Å²) in [6.45, 7) is 0. The van der Waals surface area contributed by atoms with Crippen LogP contribution in [-0.2, 0) is 10.0 Å². The van der Waals surface area contributed by atoms with Crippen molar-refractivity contribution in [2.45, 2.75) is 4.90 Å². The largest absolute Gasteiger partial charge is 0.478 e. The third kappa shape index (κ3) is 2.45. The Hall–Kier alpha value is -1.60. The Kier molecular flexibility index (Phi) is 2.96. The van der Waals surface area contributed by atoms with Crippen LogP contribution in [0.3, 0.4) is 0 Å². The second kappa shape index (κ2) is 3.87. The van der Waals surface area contributed by atoms with Crippen LogP contribution in [0.4, 0.5) is 5.69 Å². The van der Waals surface area contributed by atoms with Gasteiger partial charge in [0.2, 0.25) is 10.0 Å². The molecule has 0 saturated carbocycles. The third-order valence-corrected chi connectivity index (χ3v) is 2.76. The highest BCUT2D eigenvalue weighted by Gasteiger charge is 2.16. The highest BCUT2D eigenvalue weighted by molar-refractivity contribution is 7.89. The average molecular weight is 230 g/mol. The van der Waals surface area contributed by atoms with E-state index in [0.29, 0.717) is 0 Å². The highest BCUT2D eigenvalue weighted by Crippen LogP contribution is 2.21. The van der Waals surface area contributed by atoms with Crippen molar-refractivity contribution in [1.82, 2.24) is 0 Å². The van der Waals surface area contributed by atoms with Crippen molar-refractivity contribution in [3.05, 3.63) is 23.8 Å². The number of primary sulfonamides is 1. The lowest BCUT2D eigenvalue weighted by molar-refractivity contribution is 0.0696. The summed E-state index contributed by atoms with van der Waals surface area (Å²) in [6, 6.07) is 3.66. The van der Waals surface area contributed by atoms with E-state index in [1.807, 2.05) is 0 Å². The summed E-state index contributed by atoms with van der Waals surface area (Å²) in [5, 5.41) is 16.2. The summed E-state index contributed by atoms with van der Waals surface area (Å²) in [5.74, 6) is -1.21. The number of carbonyl (C=O) groups is 1. The predicted molar refractivity (Wildman–Crippen MR) is 54.3 cm³/mol. The number of benzene rings is 1. The van der Waals surface area contributed by atoms with Gasteiger partial charge in [-0.05, 0) is 18.2 Å². The molecule has 82 valence electrons. The van der Waals surface area contributed by atoms with Crippen LogP contribution in [0.5, 0.6) is 0 Å². The van der Waals surface area contributed by atoms with E-state index < -0.39 is 16.0 Å². The van der Waals surface area contributed by atoms with Crippen molar-refractivity contribution in [1.29, 1.82) is 0 Å². The molecule has 0 aliphatic rings. The first-order chi connectivity index (χ1) is 6.86. The summed E-state index contributed by atoms with van der Waals surface area (Å²) >= 11 is 0. The Morgan fingerprint density at radius 1 is 1.47 bits per heavy atom. The number of sulfonamides is 1. The Bertz CT molecular complexity index is 495. The van der Waals surface area contributed by atoms with Gasteiger partial charge in [0.1, 0.15) is 4.90 Å². The molecule has 4 N–H and O–H groups in total. The van der Waals surface area contributed by atoms with E-state index in [9.17, 15) is 13.2 Å². The van der Waals surface area contributed by atoms with Crippen molar-refractivity contribution in [3.8, 4) is 0 Å². The molecule has 0 unspecified atom stereocenters. The van der Waals surface area contributed by atoms with Gasteiger partial charge in [0.25, 0.3) is 0 Å². The standard InChI is InChI=1S/C8H10N2O4S/c1-10-6-3-2-5(8(11)12)4-7(6)15(9,13)14/h2-4,10H,1H3,(H,11,12)(H2,9,13,14). The molecule has 0 aliphatic carbocycles. The second-order valence-corrected chi connectivity index (χ2v) is 4.34. The Morgan fingerprint density at radius 3 is 2.47 bits per heavy atom. The minimum absolute atomic E-state index is 0.127. The Labute approximate surface area is 86.8 Å². The molecular formula is C8H10N2O4S. The fourth-order valence-corrected chi connectivity index (χ4v) is 1.87. The molecule has 0 aliphatic heterocycles. The molecule has 0 atom stereocenters. The molecule has 0 fully saturated rings. The first-order valence-corrected chi connectivity index (χ1v) is 5.49. The Morgan fingerprint density at radius 2 is 2.07 bits per heavy atom. The van der Waals surface area contributed by atoms with Gasteiger partial charge in [-0.3, -0.25) is 0 Å². The lowest BCUT2D eigenvalue weighted by Gasteiger charge is -2.07. The van der Waals surface area contributed by atoms with Crippen LogP contribution in [-0.4, -0.2) is 26.5 Å². The summed E-state index contributed by atoms with van der Waals surface area (Å²) in [6.07, 6.45) is 0. The minimum Gasteiger partial charge on any atom is -0.478 e. The number of anilines is 1. The van der Waals surface area contributed by atoms with Gasteiger partial charge in [0.05, 0.1) is 11.3 Å². The van der Waals surface area contributed by atoms with Gasteiger partial charge < -0.3 is 10.4 Å². The number of carboxylic acid groups (broad SMARTS) is 1. The third-order valence-electron chi connectivity index (χ3n) is 1.80. The quantitative estimate of drug-likeness (QED) is 0.680. The number of carboxylic acids is 1. The van der Waals surface area contributed by atoms with E-state index in [4.69, 9.17) is 10.2 Å². The van der Waals surface area contributed by atoms with Crippen molar-refractivity contribution in [2.75, 3.05) is 12.4 Å². The van der Waals surface area contributed by atoms with Crippen LogP contribution in [0.15, 0.2) is 23.1 Å². The van der Waals surface area contributed by atoms with E-state index in [1.54, 1.807) is 0 Å². The maximum atomic E-state index is 11.1. The maximum Gasteiger partial charge on any atom is 0.335 e. The molecule has 0 aromatic heterocycles. The summed E-state index contributed by atoms with van der Waals surface area (Å²) in [4.78, 5) is 10.4. The molecule has 15 heavy (non-hydrogen) atoms. The maximum absolute atomic E-state index is 11.1. The lowest BCUT2D eigenvalue weighted by Crippen LogP contribution is -2.15. The van der Waals surface area contributed by atoms with Gasteiger partial charge in [-0.25, -0.2) is 18.4 Å². The zero-order chi connectivity index (χ0) is 11.6. The molecule has 0 radical (unpaired) electrons. The average Bonchev–Trinajstić information content (AvgIpc) is 2.15. The lowest BCUT2D eigenvalue weighted by atomic mass is 10.2. The van der Waals surface area contributed by atoms with Gasteiger partial charge in [-0.15, -0.1) is 0 Å². The van der Waals surface area contributed by atoms with Crippen molar-refractivity contribution < 1.29 is 18.3 Å². The van der Waals surface area contributed by atoms with Gasteiger partial charge in [-0.1, -0.05) is 0 Å². The number of hydrogen-bond acceptors (Lipinski definition) is 4. The van der Waals surface area contributed by atoms with Crippen LogP contribution < -0.4 is 10.5 Å². The molecule has 0 amide bonds. The first-order valence-electron chi connectivity index (χ1n) is 3.94. The zero-order valence-electron chi connectivity index (χ0n) is 7.89. The molecule has 0 bridgehead atoms. The molecular weight excluding hydrogens is 220 g/mol. The molecule has 0 spiro atoms.